The van der Waals surface area contributed by atoms with Crippen LogP contribution in [0.25, 0.3) is 0 Å². The molecule has 0 aromatic heterocycles. The minimum Gasteiger partial charge on any atom is -0.360 e. The third-order valence-corrected chi connectivity index (χ3v) is 8.65. The quantitative estimate of drug-likeness (QED) is 0.826. The molecule has 2 N–H and O–H groups in total. The zero-order valence-electron chi connectivity index (χ0n) is 17.5. The highest BCUT2D eigenvalue weighted by atomic mass is 15.3. The SMILES string of the molecule is CN1CCC2C(N=C3CCCN3CC3CCCCC3)C3CCCCC3[NH2+]C21. The van der Waals surface area contributed by atoms with Gasteiger partial charge in [0, 0.05) is 37.9 Å². The number of quaternary nitrogens is 1. The highest BCUT2D eigenvalue weighted by Gasteiger charge is 2.52. The number of aliphatic imine (C=N–C) groups is 1. The van der Waals surface area contributed by atoms with Crippen LogP contribution in [0.1, 0.15) is 77.0 Å². The second-order valence-corrected chi connectivity index (χ2v) is 10.3. The van der Waals surface area contributed by atoms with Crippen molar-refractivity contribution in [2.75, 3.05) is 26.7 Å². The molecule has 0 bridgehead atoms. The number of fused-ring (bicyclic) bond motifs is 2. The molecule has 2 saturated carbocycles. The van der Waals surface area contributed by atoms with Gasteiger partial charge in [0.1, 0.15) is 6.17 Å². The molecule has 3 saturated heterocycles. The molecule has 0 amide bonds. The number of amidine groups is 1. The summed E-state index contributed by atoms with van der Waals surface area (Å²) < 4.78 is 0. The maximum atomic E-state index is 5.64. The Hall–Kier alpha value is -0.610. The van der Waals surface area contributed by atoms with Crippen molar-refractivity contribution in [3.8, 4) is 0 Å². The van der Waals surface area contributed by atoms with E-state index in [0.29, 0.717) is 12.2 Å². The van der Waals surface area contributed by atoms with E-state index in [1.54, 1.807) is 0 Å². The summed E-state index contributed by atoms with van der Waals surface area (Å²) in [6, 6.07) is 1.44. The molecule has 3 heterocycles. The van der Waals surface area contributed by atoms with Crippen molar-refractivity contribution < 1.29 is 5.32 Å². The average molecular weight is 374 g/mol. The van der Waals surface area contributed by atoms with E-state index in [1.165, 1.54) is 103 Å². The smallest absolute Gasteiger partial charge is 0.147 e. The number of hydrogen-bond acceptors (Lipinski definition) is 2. The minimum atomic E-state index is 0.609. The van der Waals surface area contributed by atoms with Crippen LogP contribution in [0.3, 0.4) is 0 Å². The van der Waals surface area contributed by atoms with Crippen LogP contribution in [0.5, 0.6) is 0 Å². The van der Waals surface area contributed by atoms with Gasteiger partial charge >= 0.3 is 0 Å². The number of likely N-dealkylation sites (tertiary alicyclic amines) is 2. The Morgan fingerprint density at radius 3 is 2.59 bits per heavy atom. The number of nitrogens with zero attached hydrogens (tertiary/aromatic N) is 3. The van der Waals surface area contributed by atoms with Gasteiger partial charge in [0.15, 0.2) is 0 Å². The van der Waals surface area contributed by atoms with E-state index in [1.807, 2.05) is 0 Å². The van der Waals surface area contributed by atoms with Gasteiger partial charge in [-0.1, -0.05) is 25.7 Å². The molecule has 3 aliphatic heterocycles. The largest absolute Gasteiger partial charge is 0.360 e. The lowest BCUT2D eigenvalue weighted by Gasteiger charge is -2.45. The molecule has 0 aromatic carbocycles. The fourth-order valence-electron chi connectivity index (χ4n) is 7.19. The highest BCUT2D eigenvalue weighted by Crippen LogP contribution is 2.39. The fraction of sp³-hybridized carbons (Fsp3) is 0.957. The van der Waals surface area contributed by atoms with Gasteiger partial charge in [-0.2, -0.15) is 0 Å². The zero-order chi connectivity index (χ0) is 18.2. The van der Waals surface area contributed by atoms with Gasteiger partial charge < -0.3 is 10.2 Å². The van der Waals surface area contributed by atoms with Crippen LogP contribution >= 0.6 is 0 Å². The molecule has 5 atom stereocenters. The first-order chi connectivity index (χ1) is 13.3. The van der Waals surface area contributed by atoms with Gasteiger partial charge in [-0.05, 0) is 57.9 Å². The molecule has 4 nitrogen and oxygen atoms in total. The van der Waals surface area contributed by atoms with Crippen molar-refractivity contribution in [1.82, 2.24) is 9.80 Å². The molecule has 152 valence electrons. The fourth-order valence-corrected chi connectivity index (χ4v) is 7.19. The summed E-state index contributed by atoms with van der Waals surface area (Å²) in [7, 11) is 2.35. The van der Waals surface area contributed by atoms with E-state index >= 15 is 0 Å². The van der Waals surface area contributed by atoms with E-state index < -0.39 is 0 Å². The Labute approximate surface area is 166 Å². The van der Waals surface area contributed by atoms with Gasteiger partial charge in [-0.15, -0.1) is 0 Å². The third kappa shape index (κ3) is 3.69. The molecular weight excluding hydrogens is 332 g/mol. The van der Waals surface area contributed by atoms with E-state index in [0.717, 1.165) is 23.8 Å². The van der Waals surface area contributed by atoms with E-state index in [9.17, 15) is 0 Å². The van der Waals surface area contributed by atoms with Gasteiger partial charge in [0.05, 0.1) is 17.9 Å². The van der Waals surface area contributed by atoms with Crippen molar-refractivity contribution in [3.05, 3.63) is 0 Å². The van der Waals surface area contributed by atoms with Crippen molar-refractivity contribution >= 4 is 5.84 Å². The maximum Gasteiger partial charge on any atom is 0.147 e. The van der Waals surface area contributed by atoms with Crippen LogP contribution in [-0.2, 0) is 0 Å². The minimum absolute atomic E-state index is 0.609. The number of piperidine rings is 1. The maximum absolute atomic E-state index is 5.64. The van der Waals surface area contributed by atoms with Gasteiger partial charge in [0.2, 0.25) is 0 Å². The van der Waals surface area contributed by atoms with Crippen LogP contribution in [0, 0.1) is 17.8 Å². The van der Waals surface area contributed by atoms with E-state index in [2.05, 4.69) is 22.2 Å². The molecule has 5 aliphatic rings. The van der Waals surface area contributed by atoms with E-state index in [4.69, 9.17) is 4.99 Å². The molecule has 5 rings (SSSR count). The first kappa shape index (κ1) is 18.4. The van der Waals surface area contributed by atoms with Crippen LogP contribution in [-0.4, -0.2) is 60.6 Å². The lowest BCUT2D eigenvalue weighted by molar-refractivity contribution is -0.759. The second kappa shape index (κ2) is 8.02. The predicted octanol–water partition coefficient (Wildman–Crippen LogP) is 2.84. The summed E-state index contributed by atoms with van der Waals surface area (Å²) in [6.45, 7) is 3.86. The van der Waals surface area contributed by atoms with Crippen LogP contribution in [0.15, 0.2) is 4.99 Å². The van der Waals surface area contributed by atoms with Crippen molar-refractivity contribution in [1.29, 1.82) is 0 Å². The molecule has 0 aromatic rings. The first-order valence-electron chi connectivity index (χ1n) is 12.2. The molecule has 27 heavy (non-hydrogen) atoms. The molecule has 5 fully saturated rings. The average Bonchev–Trinajstić information content (AvgIpc) is 3.29. The van der Waals surface area contributed by atoms with E-state index in [-0.39, 0.29) is 0 Å². The summed E-state index contributed by atoms with van der Waals surface area (Å²) >= 11 is 0. The van der Waals surface area contributed by atoms with Gasteiger partial charge in [-0.25, -0.2) is 0 Å². The summed E-state index contributed by atoms with van der Waals surface area (Å²) in [6.07, 6.45) is 17.7. The lowest BCUT2D eigenvalue weighted by Crippen LogP contribution is -3.02. The Balaban J connectivity index is 1.35. The Bertz CT molecular complexity index is 536. The first-order valence-corrected chi connectivity index (χ1v) is 12.2. The monoisotopic (exact) mass is 373 g/mol. The Morgan fingerprint density at radius 2 is 1.70 bits per heavy atom. The standard InChI is InChI=1S/C23H40N4/c1-26-15-13-19-22(18-10-5-6-11-20(18)24-23(19)26)25-21-12-7-14-27(21)16-17-8-3-2-4-9-17/h17-20,22-24H,2-16H2,1H3/p+1. The zero-order valence-corrected chi connectivity index (χ0v) is 17.5. The summed E-state index contributed by atoms with van der Waals surface area (Å²) in [4.78, 5) is 11.0. The number of rotatable bonds is 3. The Kier molecular flexibility index (Phi) is 5.47. The molecule has 0 radical (unpaired) electrons. The van der Waals surface area contributed by atoms with Crippen LogP contribution in [0.4, 0.5) is 0 Å². The molecule has 0 spiro atoms. The highest BCUT2D eigenvalue weighted by molar-refractivity contribution is 5.84. The number of hydrogen-bond donors (Lipinski definition) is 1. The van der Waals surface area contributed by atoms with Crippen LogP contribution in [0.2, 0.25) is 0 Å². The lowest BCUT2D eigenvalue weighted by atomic mass is 9.71. The van der Waals surface area contributed by atoms with Crippen molar-refractivity contribution in [3.63, 3.8) is 0 Å². The molecule has 5 unspecified atom stereocenters. The summed E-state index contributed by atoms with van der Waals surface area (Å²) in [5.41, 5.74) is 0. The predicted molar refractivity (Wildman–Crippen MR) is 111 cm³/mol. The van der Waals surface area contributed by atoms with Crippen molar-refractivity contribution in [2.45, 2.75) is 95.3 Å². The summed E-state index contributed by atoms with van der Waals surface area (Å²) in [5.74, 6) is 4.08. The topological polar surface area (TPSA) is 35.5 Å². The normalized spacial score (nSPS) is 42.5. The summed E-state index contributed by atoms with van der Waals surface area (Å²) in [5, 5.41) is 2.76. The third-order valence-electron chi connectivity index (χ3n) is 8.65. The van der Waals surface area contributed by atoms with Crippen molar-refractivity contribution in [2.24, 2.45) is 22.7 Å². The number of nitrogens with two attached hydrogens (primary N) is 1. The molecule has 2 aliphatic carbocycles. The second-order valence-electron chi connectivity index (χ2n) is 10.3. The van der Waals surface area contributed by atoms with Gasteiger partial charge in [0.25, 0.3) is 0 Å². The van der Waals surface area contributed by atoms with Crippen LogP contribution < -0.4 is 5.32 Å². The Morgan fingerprint density at radius 1 is 0.889 bits per heavy atom. The van der Waals surface area contributed by atoms with Gasteiger partial charge in [-0.3, -0.25) is 9.89 Å². The molecular formula is C23H41N4+. The molecule has 4 heteroatoms.